The SMILES string of the molecule is CC[C@@H](N)C(=O)Nc1ccc(N2CCC(C)CC2)cc1. The summed E-state index contributed by atoms with van der Waals surface area (Å²) in [6, 6.07) is 7.62. The first-order valence-corrected chi connectivity index (χ1v) is 7.51. The highest BCUT2D eigenvalue weighted by molar-refractivity contribution is 5.94. The van der Waals surface area contributed by atoms with Crippen LogP contribution in [0.25, 0.3) is 0 Å². The van der Waals surface area contributed by atoms with E-state index in [0.29, 0.717) is 6.42 Å². The van der Waals surface area contributed by atoms with Crippen LogP contribution in [0.5, 0.6) is 0 Å². The van der Waals surface area contributed by atoms with Crippen LogP contribution >= 0.6 is 0 Å². The molecule has 1 atom stereocenters. The molecule has 3 N–H and O–H groups in total. The van der Waals surface area contributed by atoms with E-state index in [0.717, 1.165) is 24.7 Å². The lowest BCUT2D eigenvalue weighted by atomic mass is 9.99. The molecule has 110 valence electrons. The Labute approximate surface area is 121 Å². The number of hydrogen-bond donors (Lipinski definition) is 2. The largest absolute Gasteiger partial charge is 0.372 e. The maximum absolute atomic E-state index is 11.7. The van der Waals surface area contributed by atoms with Gasteiger partial charge in [-0.05, 0) is 49.4 Å². The van der Waals surface area contributed by atoms with E-state index < -0.39 is 6.04 Å². The standard InChI is InChI=1S/C16H25N3O/c1-3-15(17)16(20)18-13-4-6-14(7-5-13)19-10-8-12(2)9-11-19/h4-7,12,15H,3,8-11,17H2,1-2H3,(H,18,20)/t15-/m1/s1. The second-order valence-corrected chi connectivity index (χ2v) is 5.72. The molecule has 1 heterocycles. The molecule has 20 heavy (non-hydrogen) atoms. The quantitative estimate of drug-likeness (QED) is 0.888. The number of carbonyl (C=O) groups excluding carboxylic acids is 1. The van der Waals surface area contributed by atoms with Crippen LogP contribution in [0.4, 0.5) is 11.4 Å². The molecule has 0 radical (unpaired) electrons. The highest BCUT2D eigenvalue weighted by Gasteiger charge is 2.16. The van der Waals surface area contributed by atoms with E-state index >= 15 is 0 Å². The van der Waals surface area contributed by atoms with Gasteiger partial charge >= 0.3 is 0 Å². The van der Waals surface area contributed by atoms with Crippen molar-refractivity contribution >= 4 is 17.3 Å². The van der Waals surface area contributed by atoms with Gasteiger partial charge in [-0.25, -0.2) is 0 Å². The number of carbonyl (C=O) groups is 1. The summed E-state index contributed by atoms with van der Waals surface area (Å²) in [5, 5.41) is 2.85. The number of piperidine rings is 1. The van der Waals surface area contributed by atoms with Crippen LogP contribution in [0.1, 0.15) is 33.1 Å². The number of nitrogens with zero attached hydrogens (tertiary/aromatic N) is 1. The second-order valence-electron chi connectivity index (χ2n) is 5.72. The molecule has 1 aliphatic rings. The lowest BCUT2D eigenvalue weighted by Gasteiger charge is -2.32. The Bertz CT molecular complexity index is 436. The minimum atomic E-state index is -0.432. The predicted molar refractivity (Wildman–Crippen MR) is 83.9 cm³/mol. The topological polar surface area (TPSA) is 58.4 Å². The van der Waals surface area contributed by atoms with Gasteiger partial charge in [-0.1, -0.05) is 13.8 Å². The Morgan fingerprint density at radius 1 is 1.35 bits per heavy atom. The van der Waals surface area contributed by atoms with Gasteiger partial charge in [-0.15, -0.1) is 0 Å². The molecule has 0 aromatic heterocycles. The van der Waals surface area contributed by atoms with Crippen molar-refractivity contribution in [1.82, 2.24) is 0 Å². The van der Waals surface area contributed by atoms with Crippen LogP contribution in [0.3, 0.4) is 0 Å². The first kappa shape index (κ1) is 14.9. The van der Waals surface area contributed by atoms with Gasteiger partial charge < -0.3 is 16.0 Å². The van der Waals surface area contributed by atoms with Gasteiger partial charge in [-0.3, -0.25) is 4.79 Å². The van der Waals surface area contributed by atoms with Gasteiger partial charge in [0.15, 0.2) is 0 Å². The van der Waals surface area contributed by atoms with Crippen LogP contribution in [0.15, 0.2) is 24.3 Å². The van der Waals surface area contributed by atoms with Crippen LogP contribution in [-0.2, 0) is 4.79 Å². The van der Waals surface area contributed by atoms with Crippen LogP contribution in [0, 0.1) is 5.92 Å². The van der Waals surface area contributed by atoms with Crippen molar-refractivity contribution in [3.63, 3.8) is 0 Å². The van der Waals surface area contributed by atoms with Crippen LogP contribution < -0.4 is 16.0 Å². The molecule has 0 saturated carbocycles. The Kier molecular flexibility index (Phi) is 5.01. The number of hydrogen-bond acceptors (Lipinski definition) is 3. The van der Waals surface area contributed by atoms with E-state index in [1.54, 1.807) is 0 Å². The third-order valence-electron chi connectivity index (χ3n) is 4.06. The number of rotatable bonds is 4. The summed E-state index contributed by atoms with van der Waals surface area (Å²) in [6.45, 7) is 6.46. The van der Waals surface area contributed by atoms with Gasteiger partial charge in [0.1, 0.15) is 0 Å². The summed E-state index contributed by atoms with van der Waals surface area (Å²) in [6.07, 6.45) is 3.16. The number of benzene rings is 1. The van der Waals surface area contributed by atoms with Crippen molar-refractivity contribution in [2.45, 2.75) is 39.2 Å². The van der Waals surface area contributed by atoms with Crippen LogP contribution in [0.2, 0.25) is 0 Å². The summed E-state index contributed by atoms with van der Waals surface area (Å²) in [4.78, 5) is 14.1. The van der Waals surface area contributed by atoms with Crippen molar-refractivity contribution < 1.29 is 4.79 Å². The van der Waals surface area contributed by atoms with Gasteiger partial charge in [0, 0.05) is 24.5 Å². The molecular formula is C16H25N3O. The van der Waals surface area contributed by atoms with Gasteiger partial charge in [0.05, 0.1) is 6.04 Å². The molecule has 4 heteroatoms. The Morgan fingerprint density at radius 2 is 1.95 bits per heavy atom. The fraction of sp³-hybridized carbons (Fsp3) is 0.562. The van der Waals surface area contributed by atoms with Gasteiger partial charge in [0.2, 0.25) is 5.91 Å². The molecule has 0 spiro atoms. The number of amides is 1. The third kappa shape index (κ3) is 3.73. The zero-order valence-corrected chi connectivity index (χ0v) is 12.4. The average Bonchev–Trinajstić information content (AvgIpc) is 2.48. The average molecular weight is 275 g/mol. The third-order valence-corrected chi connectivity index (χ3v) is 4.06. The smallest absolute Gasteiger partial charge is 0.241 e. The Balaban J connectivity index is 1.94. The summed E-state index contributed by atoms with van der Waals surface area (Å²) in [5.41, 5.74) is 7.75. The Hall–Kier alpha value is -1.55. The molecule has 0 unspecified atom stereocenters. The molecule has 1 saturated heterocycles. The first-order valence-electron chi connectivity index (χ1n) is 7.51. The number of nitrogens with two attached hydrogens (primary N) is 1. The molecular weight excluding hydrogens is 250 g/mol. The lowest BCUT2D eigenvalue weighted by Crippen LogP contribution is -2.35. The van der Waals surface area contributed by atoms with Crippen molar-refractivity contribution in [1.29, 1.82) is 0 Å². The monoisotopic (exact) mass is 275 g/mol. The highest BCUT2D eigenvalue weighted by atomic mass is 16.2. The number of anilines is 2. The van der Waals surface area contributed by atoms with E-state index in [2.05, 4.69) is 29.3 Å². The maximum atomic E-state index is 11.7. The first-order chi connectivity index (χ1) is 9.60. The summed E-state index contributed by atoms with van der Waals surface area (Å²) in [7, 11) is 0. The minimum Gasteiger partial charge on any atom is -0.372 e. The molecule has 1 aromatic rings. The summed E-state index contributed by atoms with van der Waals surface area (Å²) >= 11 is 0. The van der Waals surface area contributed by atoms with Crippen molar-refractivity contribution in [2.75, 3.05) is 23.3 Å². The zero-order valence-electron chi connectivity index (χ0n) is 12.4. The van der Waals surface area contributed by atoms with Crippen LogP contribution in [-0.4, -0.2) is 25.0 Å². The fourth-order valence-electron chi connectivity index (χ4n) is 2.44. The summed E-state index contributed by atoms with van der Waals surface area (Å²) < 4.78 is 0. The lowest BCUT2D eigenvalue weighted by molar-refractivity contribution is -0.117. The van der Waals surface area contributed by atoms with E-state index in [1.807, 2.05) is 19.1 Å². The van der Waals surface area contributed by atoms with E-state index in [4.69, 9.17) is 5.73 Å². The molecule has 1 amide bonds. The molecule has 0 aliphatic carbocycles. The number of nitrogens with one attached hydrogen (secondary N) is 1. The molecule has 2 rings (SSSR count). The Morgan fingerprint density at radius 3 is 2.50 bits per heavy atom. The second kappa shape index (κ2) is 6.75. The van der Waals surface area contributed by atoms with Crippen molar-refractivity contribution in [2.24, 2.45) is 11.7 Å². The van der Waals surface area contributed by atoms with Gasteiger partial charge in [0.25, 0.3) is 0 Å². The van der Waals surface area contributed by atoms with Gasteiger partial charge in [-0.2, -0.15) is 0 Å². The van der Waals surface area contributed by atoms with E-state index in [1.165, 1.54) is 18.5 Å². The predicted octanol–water partition coefficient (Wildman–Crippen LogP) is 2.60. The van der Waals surface area contributed by atoms with Crippen molar-refractivity contribution in [3.05, 3.63) is 24.3 Å². The minimum absolute atomic E-state index is 0.118. The zero-order chi connectivity index (χ0) is 14.5. The molecule has 1 aliphatic heterocycles. The highest BCUT2D eigenvalue weighted by Crippen LogP contribution is 2.24. The molecule has 0 bridgehead atoms. The summed E-state index contributed by atoms with van der Waals surface area (Å²) in [5.74, 6) is 0.715. The fourth-order valence-corrected chi connectivity index (χ4v) is 2.44. The maximum Gasteiger partial charge on any atom is 0.241 e. The molecule has 1 fully saturated rings. The van der Waals surface area contributed by atoms with E-state index in [-0.39, 0.29) is 5.91 Å². The van der Waals surface area contributed by atoms with Crippen molar-refractivity contribution in [3.8, 4) is 0 Å². The molecule has 1 aromatic carbocycles. The van der Waals surface area contributed by atoms with E-state index in [9.17, 15) is 4.79 Å². The molecule has 4 nitrogen and oxygen atoms in total. The normalized spacial score (nSPS) is 17.9.